The first-order chi connectivity index (χ1) is 12.1. The average molecular weight is 336 g/mol. The number of aryl methyl sites for hydroxylation is 2. The van der Waals surface area contributed by atoms with Gasteiger partial charge in [-0.05, 0) is 32.8 Å². The molecule has 7 heteroatoms. The number of aromatic nitrogens is 5. The molecule has 0 unspecified atom stereocenters. The van der Waals surface area contributed by atoms with Crippen LogP contribution in [0.2, 0.25) is 0 Å². The molecule has 0 radical (unpaired) electrons. The Morgan fingerprint density at radius 3 is 2.92 bits per heavy atom. The van der Waals surface area contributed by atoms with Gasteiger partial charge in [-0.2, -0.15) is 5.10 Å². The van der Waals surface area contributed by atoms with Crippen molar-refractivity contribution in [2.75, 3.05) is 13.1 Å². The number of rotatable bonds is 2. The second-order valence-corrected chi connectivity index (χ2v) is 6.56. The lowest BCUT2D eigenvalue weighted by Gasteiger charge is -2.31. The van der Waals surface area contributed by atoms with E-state index in [0.717, 1.165) is 36.5 Å². The summed E-state index contributed by atoms with van der Waals surface area (Å²) in [6.45, 7) is 5.30. The lowest BCUT2D eigenvalue weighted by Crippen LogP contribution is -2.39. The van der Waals surface area contributed by atoms with Crippen LogP contribution in [0.5, 0.6) is 0 Å². The summed E-state index contributed by atoms with van der Waals surface area (Å²) in [6.07, 6.45) is 7.14. The van der Waals surface area contributed by atoms with E-state index in [1.54, 1.807) is 29.2 Å². The first-order valence-corrected chi connectivity index (χ1v) is 8.51. The Bertz CT molecular complexity index is 920. The molecule has 1 atom stereocenters. The van der Waals surface area contributed by atoms with Gasteiger partial charge in [0.1, 0.15) is 0 Å². The number of carbonyl (C=O) groups is 1. The summed E-state index contributed by atoms with van der Waals surface area (Å²) in [5.41, 5.74) is 4.00. The molecule has 1 aliphatic heterocycles. The number of carbonyl (C=O) groups excluding carboxylic acids is 1. The first-order valence-electron chi connectivity index (χ1n) is 8.51. The van der Waals surface area contributed by atoms with Crippen molar-refractivity contribution in [1.82, 2.24) is 29.5 Å². The molecule has 0 N–H and O–H groups in total. The molecule has 1 saturated heterocycles. The smallest absolute Gasteiger partial charge is 0.274 e. The van der Waals surface area contributed by atoms with Gasteiger partial charge < -0.3 is 4.90 Å². The Morgan fingerprint density at radius 2 is 2.12 bits per heavy atom. The Kier molecular flexibility index (Phi) is 3.91. The van der Waals surface area contributed by atoms with Gasteiger partial charge in [-0.3, -0.25) is 14.8 Å². The zero-order chi connectivity index (χ0) is 17.4. The largest absolute Gasteiger partial charge is 0.337 e. The van der Waals surface area contributed by atoms with E-state index in [2.05, 4.69) is 20.1 Å². The summed E-state index contributed by atoms with van der Waals surface area (Å²) < 4.78 is 1.73. The molecule has 0 spiro atoms. The van der Waals surface area contributed by atoms with Crippen LogP contribution in [0.4, 0.5) is 0 Å². The lowest BCUT2D eigenvalue weighted by atomic mass is 9.95. The predicted molar refractivity (Wildman–Crippen MR) is 92.4 cm³/mol. The van der Waals surface area contributed by atoms with Gasteiger partial charge in [0.2, 0.25) is 0 Å². The van der Waals surface area contributed by atoms with Gasteiger partial charge in [-0.25, -0.2) is 9.50 Å². The highest BCUT2D eigenvalue weighted by molar-refractivity contribution is 5.93. The summed E-state index contributed by atoms with van der Waals surface area (Å²) in [5, 5.41) is 4.46. The highest BCUT2D eigenvalue weighted by atomic mass is 16.2. The van der Waals surface area contributed by atoms with Crippen molar-refractivity contribution in [3.63, 3.8) is 0 Å². The number of hydrogen-bond donors (Lipinski definition) is 0. The molecular formula is C18H20N6O. The van der Waals surface area contributed by atoms with Crippen LogP contribution in [0, 0.1) is 13.8 Å². The number of nitrogens with zero attached hydrogens (tertiary/aromatic N) is 6. The fourth-order valence-corrected chi connectivity index (χ4v) is 3.48. The van der Waals surface area contributed by atoms with Crippen molar-refractivity contribution < 1.29 is 4.79 Å². The second-order valence-electron chi connectivity index (χ2n) is 6.56. The minimum Gasteiger partial charge on any atom is -0.337 e. The van der Waals surface area contributed by atoms with E-state index in [-0.39, 0.29) is 11.8 Å². The topological polar surface area (TPSA) is 76.3 Å². The van der Waals surface area contributed by atoms with E-state index >= 15 is 0 Å². The molecule has 3 aromatic heterocycles. The Labute approximate surface area is 145 Å². The van der Waals surface area contributed by atoms with Crippen molar-refractivity contribution >= 4 is 11.6 Å². The van der Waals surface area contributed by atoms with Crippen LogP contribution in [-0.2, 0) is 0 Å². The number of amides is 1. The summed E-state index contributed by atoms with van der Waals surface area (Å²) in [6, 6.07) is 3.73. The van der Waals surface area contributed by atoms with Crippen LogP contribution in [0.15, 0.2) is 30.7 Å². The number of piperidine rings is 1. The zero-order valence-corrected chi connectivity index (χ0v) is 14.4. The summed E-state index contributed by atoms with van der Waals surface area (Å²) in [5.74, 6) is 0.182. The normalized spacial score (nSPS) is 17.8. The van der Waals surface area contributed by atoms with Crippen molar-refractivity contribution in [3.8, 4) is 0 Å². The molecule has 1 aliphatic rings. The molecule has 1 fully saturated rings. The maximum atomic E-state index is 12.9. The maximum absolute atomic E-state index is 12.9. The molecule has 3 aromatic rings. The zero-order valence-electron chi connectivity index (χ0n) is 14.4. The molecule has 128 valence electrons. The third kappa shape index (κ3) is 2.97. The number of fused-ring (bicyclic) bond motifs is 1. The van der Waals surface area contributed by atoms with Gasteiger partial charge in [0, 0.05) is 55.1 Å². The van der Waals surface area contributed by atoms with Crippen LogP contribution in [0.25, 0.3) is 5.65 Å². The molecule has 0 aromatic carbocycles. The van der Waals surface area contributed by atoms with Crippen LogP contribution in [0.3, 0.4) is 0 Å². The van der Waals surface area contributed by atoms with E-state index in [1.165, 1.54) is 0 Å². The molecule has 4 heterocycles. The SMILES string of the molecule is Cc1cc(C)n2nc(C(=O)N3CCC[C@@H](c4cnccn4)C3)cc2n1. The molecule has 0 saturated carbocycles. The number of hydrogen-bond acceptors (Lipinski definition) is 5. The molecule has 25 heavy (non-hydrogen) atoms. The van der Waals surface area contributed by atoms with Crippen LogP contribution in [0.1, 0.15) is 46.3 Å². The average Bonchev–Trinajstić information content (AvgIpc) is 3.06. The van der Waals surface area contributed by atoms with Gasteiger partial charge in [-0.15, -0.1) is 0 Å². The third-order valence-electron chi connectivity index (χ3n) is 4.66. The summed E-state index contributed by atoms with van der Waals surface area (Å²) >= 11 is 0. The second kappa shape index (κ2) is 6.23. The third-order valence-corrected chi connectivity index (χ3v) is 4.66. The predicted octanol–water partition coefficient (Wildman–Crippen LogP) is 2.16. The molecule has 0 bridgehead atoms. The van der Waals surface area contributed by atoms with Gasteiger partial charge in [0.05, 0.1) is 5.69 Å². The molecule has 4 rings (SSSR count). The van der Waals surface area contributed by atoms with Gasteiger partial charge >= 0.3 is 0 Å². The maximum Gasteiger partial charge on any atom is 0.274 e. The van der Waals surface area contributed by atoms with Crippen molar-refractivity contribution in [1.29, 1.82) is 0 Å². The van der Waals surface area contributed by atoms with Crippen LogP contribution >= 0.6 is 0 Å². The summed E-state index contributed by atoms with van der Waals surface area (Å²) in [7, 11) is 0. The van der Waals surface area contributed by atoms with Crippen molar-refractivity contribution in [2.24, 2.45) is 0 Å². The highest BCUT2D eigenvalue weighted by Gasteiger charge is 2.28. The highest BCUT2D eigenvalue weighted by Crippen LogP contribution is 2.26. The van der Waals surface area contributed by atoms with Gasteiger partial charge in [-0.1, -0.05) is 0 Å². The fourth-order valence-electron chi connectivity index (χ4n) is 3.48. The standard InChI is InChI=1S/C18H20N6O/c1-12-8-13(2)24-17(21-12)9-15(22-24)18(25)23-7-3-4-14(11-23)16-10-19-5-6-20-16/h5-6,8-10,14H,3-4,7,11H2,1-2H3/t14-/m1/s1. The number of likely N-dealkylation sites (tertiary alicyclic amines) is 1. The molecule has 1 amide bonds. The van der Waals surface area contributed by atoms with Crippen molar-refractivity contribution in [2.45, 2.75) is 32.6 Å². The Balaban J connectivity index is 1.59. The van der Waals surface area contributed by atoms with Gasteiger partial charge in [0.15, 0.2) is 11.3 Å². The van der Waals surface area contributed by atoms with Crippen LogP contribution in [-0.4, -0.2) is 48.5 Å². The van der Waals surface area contributed by atoms with E-state index in [4.69, 9.17) is 0 Å². The lowest BCUT2D eigenvalue weighted by molar-refractivity contribution is 0.0699. The Morgan fingerprint density at radius 1 is 1.24 bits per heavy atom. The Hall–Kier alpha value is -2.83. The fraction of sp³-hybridized carbons (Fsp3) is 0.389. The summed E-state index contributed by atoms with van der Waals surface area (Å²) in [4.78, 5) is 27.8. The van der Waals surface area contributed by atoms with E-state index in [9.17, 15) is 4.79 Å². The van der Waals surface area contributed by atoms with E-state index in [0.29, 0.717) is 17.9 Å². The molecule has 7 nitrogen and oxygen atoms in total. The minimum absolute atomic E-state index is 0.0452. The molecule has 0 aliphatic carbocycles. The minimum atomic E-state index is -0.0452. The van der Waals surface area contributed by atoms with Crippen LogP contribution < -0.4 is 0 Å². The molecular weight excluding hydrogens is 316 g/mol. The first kappa shape index (κ1) is 15.7. The van der Waals surface area contributed by atoms with Gasteiger partial charge in [0.25, 0.3) is 5.91 Å². The van der Waals surface area contributed by atoms with E-state index in [1.807, 2.05) is 24.8 Å². The van der Waals surface area contributed by atoms with E-state index < -0.39 is 0 Å². The quantitative estimate of drug-likeness (QED) is 0.717. The monoisotopic (exact) mass is 336 g/mol. The van der Waals surface area contributed by atoms with Crippen molar-refractivity contribution in [3.05, 3.63) is 53.5 Å².